The fourth-order valence-corrected chi connectivity index (χ4v) is 3.01. The lowest BCUT2D eigenvalue weighted by atomic mass is 9.90. The number of nitrogens with two attached hydrogens (primary N) is 1. The second-order valence-corrected chi connectivity index (χ2v) is 7.11. The summed E-state index contributed by atoms with van der Waals surface area (Å²) in [6.45, 7) is 4.75. The molecular formula is C21H26N2O3. The van der Waals surface area contributed by atoms with Crippen molar-refractivity contribution in [2.45, 2.75) is 20.0 Å². The maximum Gasteiger partial charge on any atom is 0.260 e. The third-order valence-corrected chi connectivity index (χ3v) is 4.84. The van der Waals surface area contributed by atoms with Crippen molar-refractivity contribution in [3.05, 3.63) is 60.2 Å². The second kappa shape index (κ2) is 8.23. The summed E-state index contributed by atoms with van der Waals surface area (Å²) in [6.07, 6.45) is 0.947. The minimum atomic E-state index is 0.00609. The van der Waals surface area contributed by atoms with E-state index in [-0.39, 0.29) is 17.9 Å². The Kier molecular flexibility index (Phi) is 5.78. The van der Waals surface area contributed by atoms with Gasteiger partial charge in [0.25, 0.3) is 5.91 Å². The van der Waals surface area contributed by atoms with Crippen molar-refractivity contribution in [1.29, 1.82) is 0 Å². The van der Waals surface area contributed by atoms with Gasteiger partial charge in [0.05, 0.1) is 0 Å². The maximum atomic E-state index is 12.3. The average Bonchev–Trinajstić information content (AvgIpc) is 3.09. The highest BCUT2D eigenvalue weighted by atomic mass is 16.5. The molecular weight excluding hydrogens is 328 g/mol. The summed E-state index contributed by atoms with van der Waals surface area (Å²) >= 11 is 0. The fourth-order valence-electron chi connectivity index (χ4n) is 3.01. The number of hydrogen-bond donors (Lipinski definition) is 1. The largest absolute Gasteiger partial charge is 0.489 e. The number of nitrogens with zero attached hydrogens (tertiary/aromatic N) is 1. The average molecular weight is 354 g/mol. The Morgan fingerprint density at radius 1 is 1.08 bits per heavy atom. The fraction of sp³-hybridized carbons (Fsp3) is 0.381. The van der Waals surface area contributed by atoms with Gasteiger partial charge in [-0.25, -0.2) is 0 Å². The van der Waals surface area contributed by atoms with E-state index in [0.29, 0.717) is 25.4 Å². The van der Waals surface area contributed by atoms with Gasteiger partial charge < -0.3 is 20.1 Å². The molecule has 2 aromatic rings. The standard InChI is InChI=1S/C21H26N2O3/c1-21(15-22)11-12-23(16-21)20(24)14-26-19-9-7-18(8-10-19)25-13-17-5-3-2-4-6-17/h2-10H,11-16,22H2,1H3. The van der Waals surface area contributed by atoms with Crippen LogP contribution in [0.15, 0.2) is 54.6 Å². The summed E-state index contributed by atoms with van der Waals surface area (Å²) in [5, 5.41) is 0. The third kappa shape index (κ3) is 4.76. The van der Waals surface area contributed by atoms with Crippen molar-refractivity contribution in [2.75, 3.05) is 26.2 Å². The number of carbonyl (C=O) groups is 1. The zero-order chi connectivity index (χ0) is 18.4. The van der Waals surface area contributed by atoms with Crippen molar-refractivity contribution in [2.24, 2.45) is 11.1 Å². The Hall–Kier alpha value is -2.53. The van der Waals surface area contributed by atoms with E-state index in [9.17, 15) is 4.79 Å². The number of benzene rings is 2. The molecule has 5 nitrogen and oxygen atoms in total. The van der Waals surface area contributed by atoms with Gasteiger partial charge in [0.15, 0.2) is 6.61 Å². The predicted molar refractivity (Wildman–Crippen MR) is 101 cm³/mol. The van der Waals surface area contributed by atoms with Gasteiger partial charge in [0.1, 0.15) is 18.1 Å². The zero-order valence-electron chi connectivity index (χ0n) is 15.2. The van der Waals surface area contributed by atoms with Crippen LogP contribution in [0.1, 0.15) is 18.9 Å². The topological polar surface area (TPSA) is 64.8 Å². The van der Waals surface area contributed by atoms with Crippen molar-refractivity contribution in [1.82, 2.24) is 4.90 Å². The number of hydrogen-bond acceptors (Lipinski definition) is 4. The van der Waals surface area contributed by atoms with Gasteiger partial charge in [-0.15, -0.1) is 0 Å². The molecule has 0 aromatic heterocycles. The molecule has 0 saturated carbocycles. The summed E-state index contributed by atoms with van der Waals surface area (Å²) in [5.41, 5.74) is 6.94. The normalized spacial score (nSPS) is 19.4. The summed E-state index contributed by atoms with van der Waals surface area (Å²) in [6, 6.07) is 17.4. The van der Waals surface area contributed by atoms with Crippen molar-refractivity contribution in [3.63, 3.8) is 0 Å². The van der Waals surface area contributed by atoms with Crippen LogP contribution < -0.4 is 15.2 Å². The molecule has 0 aliphatic carbocycles. The Morgan fingerprint density at radius 2 is 1.73 bits per heavy atom. The maximum absolute atomic E-state index is 12.3. The van der Waals surface area contributed by atoms with E-state index in [1.54, 1.807) is 0 Å². The summed E-state index contributed by atoms with van der Waals surface area (Å²) in [5.74, 6) is 1.43. The van der Waals surface area contributed by atoms with Crippen LogP contribution in [0.3, 0.4) is 0 Å². The molecule has 26 heavy (non-hydrogen) atoms. The third-order valence-electron chi connectivity index (χ3n) is 4.84. The summed E-state index contributed by atoms with van der Waals surface area (Å²) in [7, 11) is 0. The first kappa shape index (κ1) is 18.3. The highest BCUT2D eigenvalue weighted by Crippen LogP contribution is 2.28. The highest BCUT2D eigenvalue weighted by Gasteiger charge is 2.34. The van der Waals surface area contributed by atoms with E-state index >= 15 is 0 Å². The molecule has 1 unspecified atom stereocenters. The number of carbonyl (C=O) groups excluding carboxylic acids is 1. The van der Waals surface area contributed by atoms with Crippen LogP contribution in [-0.4, -0.2) is 37.0 Å². The molecule has 1 heterocycles. The van der Waals surface area contributed by atoms with Gasteiger partial charge in [-0.1, -0.05) is 37.3 Å². The molecule has 2 aromatic carbocycles. The predicted octanol–water partition coefficient (Wildman–Crippen LogP) is 2.84. The molecule has 3 rings (SSSR count). The molecule has 1 atom stereocenters. The Morgan fingerprint density at radius 3 is 2.35 bits per heavy atom. The summed E-state index contributed by atoms with van der Waals surface area (Å²) < 4.78 is 11.4. The lowest BCUT2D eigenvalue weighted by Gasteiger charge is -2.22. The summed E-state index contributed by atoms with van der Waals surface area (Å²) in [4.78, 5) is 14.1. The molecule has 5 heteroatoms. The van der Waals surface area contributed by atoms with Crippen LogP contribution in [0, 0.1) is 5.41 Å². The van der Waals surface area contributed by atoms with Gasteiger partial charge in [-0.05, 0) is 48.2 Å². The van der Waals surface area contributed by atoms with Gasteiger partial charge in [0.2, 0.25) is 0 Å². The molecule has 2 N–H and O–H groups in total. The molecule has 1 fully saturated rings. The van der Waals surface area contributed by atoms with E-state index in [1.807, 2.05) is 59.5 Å². The lowest BCUT2D eigenvalue weighted by Crippen LogP contribution is -2.36. The molecule has 0 bridgehead atoms. The first-order chi connectivity index (χ1) is 12.6. The monoisotopic (exact) mass is 354 g/mol. The van der Waals surface area contributed by atoms with Crippen LogP contribution >= 0.6 is 0 Å². The minimum Gasteiger partial charge on any atom is -0.489 e. The molecule has 1 amide bonds. The number of rotatable bonds is 7. The van der Waals surface area contributed by atoms with Gasteiger partial charge in [-0.3, -0.25) is 4.79 Å². The number of ether oxygens (including phenoxy) is 2. The van der Waals surface area contributed by atoms with Gasteiger partial charge in [-0.2, -0.15) is 0 Å². The molecule has 1 aliphatic heterocycles. The van der Waals surface area contributed by atoms with Gasteiger partial charge >= 0.3 is 0 Å². The van der Waals surface area contributed by atoms with E-state index in [0.717, 1.165) is 24.3 Å². The molecule has 138 valence electrons. The first-order valence-electron chi connectivity index (χ1n) is 8.95. The molecule has 1 saturated heterocycles. The Labute approximate surface area is 154 Å². The number of amides is 1. The minimum absolute atomic E-state index is 0.00609. The zero-order valence-corrected chi connectivity index (χ0v) is 15.2. The Bertz CT molecular complexity index is 718. The molecule has 0 radical (unpaired) electrons. The van der Waals surface area contributed by atoms with Crippen molar-refractivity contribution >= 4 is 5.91 Å². The lowest BCUT2D eigenvalue weighted by molar-refractivity contribution is -0.132. The van der Waals surface area contributed by atoms with Crippen LogP contribution in [0.25, 0.3) is 0 Å². The van der Waals surface area contributed by atoms with E-state index in [1.165, 1.54) is 0 Å². The van der Waals surface area contributed by atoms with E-state index < -0.39 is 0 Å². The second-order valence-electron chi connectivity index (χ2n) is 7.11. The van der Waals surface area contributed by atoms with Crippen LogP contribution in [-0.2, 0) is 11.4 Å². The Balaban J connectivity index is 1.45. The quantitative estimate of drug-likeness (QED) is 0.830. The van der Waals surface area contributed by atoms with Crippen LogP contribution in [0.5, 0.6) is 11.5 Å². The van der Waals surface area contributed by atoms with Crippen molar-refractivity contribution < 1.29 is 14.3 Å². The molecule has 0 spiro atoms. The number of likely N-dealkylation sites (tertiary alicyclic amines) is 1. The van der Waals surface area contributed by atoms with Crippen LogP contribution in [0.4, 0.5) is 0 Å². The highest BCUT2D eigenvalue weighted by molar-refractivity contribution is 5.78. The first-order valence-corrected chi connectivity index (χ1v) is 8.95. The molecule has 1 aliphatic rings. The van der Waals surface area contributed by atoms with Gasteiger partial charge in [0, 0.05) is 13.1 Å². The van der Waals surface area contributed by atoms with E-state index in [4.69, 9.17) is 15.2 Å². The van der Waals surface area contributed by atoms with Crippen molar-refractivity contribution in [3.8, 4) is 11.5 Å². The SMILES string of the molecule is CC1(CN)CCN(C(=O)COc2ccc(OCc3ccccc3)cc2)C1. The van der Waals surface area contributed by atoms with Crippen LogP contribution in [0.2, 0.25) is 0 Å². The van der Waals surface area contributed by atoms with E-state index in [2.05, 4.69) is 6.92 Å². The smallest absolute Gasteiger partial charge is 0.260 e.